The Morgan fingerprint density at radius 3 is 1.00 bits per heavy atom. The molecule has 0 spiro atoms. The zero-order valence-electron chi connectivity index (χ0n) is 3.51. The average Bonchev–Trinajstić information content (AvgIpc) is 0.722. The molecule has 0 saturated heterocycles. The molecule has 0 atom stereocenters. The Labute approximate surface area is 39.8 Å². The third kappa shape index (κ3) is 232. The molecule has 0 unspecified atom stereocenters. The average molecular weight is 132 g/mol. The van der Waals surface area contributed by atoms with Crippen LogP contribution in [0.1, 0.15) is 1.43 Å². The molecule has 0 aliphatic carbocycles. The van der Waals surface area contributed by atoms with Gasteiger partial charge in [-0.3, -0.25) is 0 Å². The summed E-state index contributed by atoms with van der Waals surface area (Å²) in [4.78, 5) is 0. The summed E-state index contributed by atoms with van der Waals surface area (Å²) in [6.07, 6.45) is 0. The quantitative estimate of drug-likeness (QED) is 0.306. The van der Waals surface area contributed by atoms with Crippen molar-refractivity contribution >= 4 is 0 Å². The van der Waals surface area contributed by atoms with Crippen molar-refractivity contribution in [3.63, 3.8) is 0 Å². The SMILES string of the molecule is [F-].[H+].[O-][Ti]([O-])([O-])[O-]. The van der Waals surface area contributed by atoms with Crippen LogP contribution in [-0.4, -0.2) is 0 Å². The second-order valence-corrected chi connectivity index (χ2v) is 2.06. The van der Waals surface area contributed by atoms with Crippen molar-refractivity contribution in [1.82, 2.24) is 0 Å². The summed E-state index contributed by atoms with van der Waals surface area (Å²) < 4.78 is 34.5. The summed E-state index contributed by atoms with van der Waals surface area (Å²) in [5.41, 5.74) is 0. The molecule has 0 amide bonds. The first-order valence-corrected chi connectivity index (χ1v) is 3.37. The van der Waals surface area contributed by atoms with E-state index in [1.807, 2.05) is 0 Å². The van der Waals surface area contributed by atoms with Crippen molar-refractivity contribution in [3.8, 4) is 0 Å². The molecule has 6 heavy (non-hydrogen) atoms. The zero-order valence-corrected chi connectivity index (χ0v) is 4.07. The summed E-state index contributed by atoms with van der Waals surface area (Å²) in [5.74, 6) is 0. The molecule has 0 radical (unpaired) electrons. The molecule has 0 fully saturated rings. The van der Waals surface area contributed by atoms with Gasteiger partial charge in [0.25, 0.3) is 0 Å². The van der Waals surface area contributed by atoms with E-state index in [4.69, 9.17) is 14.8 Å². The molecule has 0 saturated carbocycles. The zero-order chi connectivity index (χ0) is 4.50. The molecule has 0 aliphatic heterocycles. The molecule has 0 aromatic heterocycles. The van der Waals surface area contributed by atoms with E-state index < -0.39 is 18.1 Å². The van der Waals surface area contributed by atoms with Crippen molar-refractivity contribution in [2.75, 3.05) is 0 Å². The first-order valence-electron chi connectivity index (χ1n) is 0.816. The van der Waals surface area contributed by atoms with Gasteiger partial charge in [-0.25, -0.2) is 0 Å². The maximum atomic E-state index is 8.62. The van der Waals surface area contributed by atoms with Crippen LogP contribution in [0.25, 0.3) is 0 Å². The van der Waals surface area contributed by atoms with E-state index in [0.29, 0.717) is 0 Å². The fourth-order valence-electron chi connectivity index (χ4n) is 0. The molecule has 0 aliphatic rings. The summed E-state index contributed by atoms with van der Waals surface area (Å²) in [6, 6.07) is 0. The van der Waals surface area contributed by atoms with Crippen molar-refractivity contribution < 1.29 is 39.0 Å². The van der Waals surface area contributed by atoms with E-state index in [1.54, 1.807) is 0 Å². The van der Waals surface area contributed by atoms with Crippen LogP contribution in [0.4, 0.5) is 0 Å². The third-order valence-corrected chi connectivity index (χ3v) is 0. The molecule has 0 heterocycles. The molecule has 40 valence electrons. The van der Waals surface area contributed by atoms with Crippen LogP contribution in [0.15, 0.2) is 0 Å². The predicted octanol–water partition coefficient (Wildman–Crippen LogP) is -7.64. The van der Waals surface area contributed by atoms with Crippen molar-refractivity contribution in [2.45, 2.75) is 0 Å². The summed E-state index contributed by atoms with van der Waals surface area (Å²) in [5, 5.41) is 0. The summed E-state index contributed by atoms with van der Waals surface area (Å²) in [6.45, 7) is 0. The van der Waals surface area contributed by atoms with Gasteiger partial charge >= 0.3 is 34.3 Å². The van der Waals surface area contributed by atoms with E-state index >= 15 is 0 Å². The van der Waals surface area contributed by atoms with Crippen molar-refractivity contribution in [1.29, 1.82) is 0 Å². The van der Waals surface area contributed by atoms with Gasteiger partial charge in [0.05, 0.1) is 0 Å². The van der Waals surface area contributed by atoms with Crippen LogP contribution in [0.2, 0.25) is 0 Å². The topological polar surface area (TPSA) is 92.2 Å². The van der Waals surface area contributed by atoms with Gasteiger partial charge in [-0.05, 0) is 0 Å². The Bertz CT molecular complexity index is 27.2. The predicted molar refractivity (Wildman–Crippen MR) is 1.11 cm³/mol. The van der Waals surface area contributed by atoms with Gasteiger partial charge in [0.15, 0.2) is 0 Å². The third-order valence-electron chi connectivity index (χ3n) is 0. The second kappa shape index (κ2) is 2.62. The normalized spacial score (nSPS) is 10.0. The molecular formula is HFO4Ti-4. The fraction of sp³-hybridized carbons (Fsp3) is 0. The Morgan fingerprint density at radius 1 is 1.00 bits per heavy atom. The van der Waals surface area contributed by atoms with Gasteiger partial charge in [0.1, 0.15) is 0 Å². The first kappa shape index (κ1) is 9.70. The molecule has 0 aromatic rings. The summed E-state index contributed by atoms with van der Waals surface area (Å²) in [7, 11) is 0. The fourth-order valence-corrected chi connectivity index (χ4v) is 0. The Morgan fingerprint density at radius 2 is 1.00 bits per heavy atom. The number of halogens is 1. The monoisotopic (exact) mass is 132 g/mol. The standard InChI is InChI=1S/FH.4O.Ti/h1H;;;;;/q;4*-1;. The first-order chi connectivity index (χ1) is 2.00. The van der Waals surface area contributed by atoms with E-state index in [-0.39, 0.29) is 6.13 Å². The van der Waals surface area contributed by atoms with Crippen molar-refractivity contribution in [2.24, 2.45) is 0 Å². The van der Waals surface area contributed by atoms with Crippen LogP contribution in [0.5, 0.6) is 0 Å². The van der Waals surface area contributed by atoms with Crippen LogP contribution in [-0.2, 0) is 18.1 Å². The van der Waals surface area contributed by atoms with Crippen LogP contribution >= 0.6 is 0 Å². The molecular weight excluding hydrogens is 131 g/mol. The van der Waals surface area contributed by atoms with Gasteiger partial charge in [0.2, 0.25) is 0 Å². The molecule has 0 N–H and O–H groups in total. The van der Waals surface area contributed by atoms with E-state index in [1.165, 1.54) is 0 Å². The molecule has 0 aromatic carbocycles. The van der Waals surface area contributed by atoms with E-state index in [9.17, 15) is 0 Å². The molecule has 6 heteroatoms. The number of hydrogen-bond donors (Lipinski definition) is 0. The van der Waals surface area contributed by atoms with Gasteiger partial charge in [-0.2, -0.15) is 0 Å². The van der Waals surface area contributed by atoms with Gasteiger partial charge < -0.3 is 4.70 Å². The Kier molecular flexibility index (Phi) is 4.24. The Hall–Kier alpha value is 0.484. The van der Waals surface area contributed by atoms with Gasteiger partial charge in [-0.1, -0.05) is 0 Å². The van der Waals surface area contributed by atoms with Gasteiger partial charge in [-0.15, -0.1) is 0 Å². The molecule has 0 rings (SSSR count). The molecule has 0 bridgehead atoms. The van der Waals surface area contributed by atoms with Crippen LogP contribution < -0.4 is 19.5 Å². The minimum absolute atomic E-state index is 0. The Balaban J connectivity index is -0.0000000800. The maximum absolute atomic E-state index is 8.62. The molecule has 4 nitrogen and oxygen atoms in total. The van der Waals surface area contributed by atoms with E-state index in [0.717, 1.165) is 0 Å². The second-order valence-electron chi connectivity index (χ2n) is 0.500. The van der Waals surface area contributed by atoms with Crippen LogP contribution in [0.3, 0.4) is 0 Å². The van der Waals surface area contributed by atoms with Crippen LogP contribution in [0, 0.1) is 0 Å². The number of hydrogen-bond acceptors (Lipinski definition) is 4. The number of rotatable bonds is 0. The van der Waals surface area contributed by atoms with Gasteiger partial charge in [0, 0.05) is 0 Å². The summed E-state index contributed by atoms with van der Waals surface area (Å²) >= 11 is -6.00. The minimum atomic E-state index is -6.00. The van der Waals surface area contributed by atoms with Crippen molar-refractivity contribution in [3.05, 3.63) is 0 Å². The van der Waals surface area contributed by atoms with E-state index in [2.05, 4.69) is 0 Å².